The lowest BCUT2D eigenvalue weighted by molar-refractivity contribution is -0.149. The smallest absolute Gasteiger partial charge is 0.330 e. The molecule has 0 unspecified atom stereocenters. The molecule has 0 radical (unpaired) electrons. The fraction of sp³-hybridized carbons (Fsp3) is 0.435. The van der Waals surface area contributed by atoms with Crippen molar-refractivity contribution in [1.29, 1.82) is 0 Å². The second-order valence-electron chi connectivity index (χ2n) is 7.65. The molecule has 1 aliphatic rings. The van der Waals surface area contributed by atoms with Crippen molar-refractivity contribution >= 4 is 16.7 Å². The average molecular weight is 336 g/mol. The van der Waals surface area contributed by atoms with E-state index < -0.39 is 0 Å². The zero-order valence-electron chi connectivity index (χ0n) is 15.5. The number of carbonyl (C=O) groups excluding carboxylic acids is 1. The number of ether oxygens (including phenoxy) is 1. The normalized spacial score (nSPS) is 21.6. The van der Waals surface area contributed by atoms with Crippen molar-refractivity contribution in [2.45, 2.75) is 58.0 Å². The molecule has 1 fully saturated rings. The molecule has 0 spiro atoms. The summed E-state index contributed by atoms with van der Waals surface area (Å²) >= 11 is 0. The van der Waals surface area contributed by atoms with E-state index in [-0.39, 0.29) is 17.5 Å². The highest BCUT2D eigenvalue weighted by Crippen LogP contribution is 2.42. The highest BCUT2D eigenvalue weighted by Gasteiger charge is 2.40. The van der Waals surface area contributed by atoms with Crippen molar-refractivity contribution in [2.75, 3.05) is 0 Å². The molecule has 1 aliphatic carbocycles. The molecule has 2 aromatic carbocycles. The molecule has 0 N–H and O–H groups in total. The van der Waals surface area contributed by atoms with E-state index in [0.717, 1.165) is 19.3 Å². The first-order chi connectivity index (χ1) is 12.0. The minimum Gasteiger partial charge on any atom is -0.459 e. The molecule has 2 nitrogen and oxygen atoms in total. The molecule has 0 aromatic heterocycles. The molecule has 132 valence electrons. The van der Waals surface area contributed by atoms with Crippen LogP contribution in [-0.4, -0.2) is 12.1 Å². The Kier molecular flexibility index (Phi) is 5.27. The van der Waals surface area contributed by atoms with Crippen molar-refractivity contribution in [3.05, 3.63) is 60.2 Å². The van der Waals surface area contributed by atoms with Gasteiger partial charge in [-0.1, -0.05) is 68.8 Å². The summed E-state index contributed by atoms with van der Waals surface area (Å²) in [5.74, 6) is 0.130. The molecule has 0 heterocycles. The topological polar surface area (TPSA) is 26.3 Å². The van der Waals surface area contributed by atoms with Crippen molar-refractivity contribution in [3.63, 3.8) is 0 Å². The van der Waals surface area contributed by atoms with E-state index in [0.29, 0.717) is 5.92 Å². The number of hydrogen-bond acceptors (Lipinski definition) is 2. The quantitative estimate of drug-likeness (QED) is 0.521. The van der Waals surface area contributed by atoms with Gasteiger partial charge >= 0.3 is 5.97 Å². The van der Waals surface area contributed by atoms with E-state index in [1.807, 2.05) is 6.92 Å². The van der Waals surface area contributed by atoms with Gasteiger partial charge in [0.25, 0.3) is 0 Å². The number of allylic oxidation sites excluding steroid dienone is 1. The highest BCUT2D eigenvalue weighted by molar-refractivity contribution is 5.83. The zero-order chi connectivity index (χ0) is 17.9. The first kappa shape index (κ1) is 17.7. The molecule has 2 atom stereocenters. The van der Waals surface area contributed by atoms with Crippen LogP contribution in [0.3, 0.4) is 0 Å². The molecule has 0 aliphatic heterocycles. The van der Waals surface area contributed by atoms with Gasteiger partial charge in [0, 0.05) is 12.0 Å². The number of fused-ring (bicyclic) bond motifs is 1. The lowest BCUT2D eigenvalue weighted by Crippen LogP contribution is -2.41. The summed E-state index contributed by atoms with van der Waals surface area (Å²) in [6, 6.07) is 15.2. The molecule has 0 bridgehead atoms. The molecule has 0 saturated heterocycles. The van der Waals surface area contributed by atoms with E-state index in [1.165, 1.54) is 28.8 Å². The summed E-state index contributed by atoms with van der Waals surface area (Å²) in [7, 11) is 0. The van der Waals surface area contributed by atoms with Gasteiger partial charge in [-0.05, 0) is 47.9 Å². The van der Waals surface area contributed by atoms with Crippen LogP contribution in [0.1, 0.15) is 52.0 Å². The molecule has 2 heteroatoms. The van der Waals surface area contributed by atoms with Crippen LogP contribution in [0.4, 0.5) is 0 Å². The highest BCUT2D eigenvalue weighted by atomic mass is 16.5. The van der Waals surface area contributed by atoms with Gasteiger partial charge in [0.15, 0.2) is 0 Å². The summed E-state index contributed by atoms with van der Waals surface area (Å²) in [6.45, 7) is 6.44. The Labute approximate surface area is 150 Å². The van der Waals surface area contributed by atoms with Crippen LogP contribution in [0.25, 0.3) is 10.8 Å². The predicted molar refractivity (Wildman–Crippen MR) is 104 cm³/mol. The van der Waals surface area contributed by atoms with Gasteiger partial charge in [0.2, 0.25) is 0 Å². The van der Waals surface area contributed by atoms with Crippen LogP contribution < -0.4 is 0 Å². The summed E-state index contributed by atoms with van der Waals surface area (Å²) in [5, 5.41) is 2.54. The number of rotatable bonds is 4. The van der Waals surface area contributed by atoms with Crippen LogP contribution in [0.15, 0.2) is 54.6 Å². The maximum atomic E-state index is 12.0. The van der Waals surface area contributed by atoms with E-state index in [4.69, 9.17) is 4.74 Å². The second-order valence-corrected chi connectivity index (χ2v) is 7.65. The summed E-state index contributed by atoms with van der Waals surface area (Å²) in [5.41, 5.74) is 1.29. The Morgan fingerprint density at radius 3 is 2.56 bits per heavy atom. The summed E-state index contributed by atoms with van der Waals surface area (Å²) < 4.78 is 5.81. The van der Waals surface area contributed by atoms with E-state index >= 15 is 0 Å². The van der Waals surface area contributed by atoms with Crippen molar-refractivity contribution in [1.82, 2.24) is 0 Å². The SMILES string of the molecule is C/C=C/C(=O)O[C@H]1CCCC[C@@H]1C(C)(C)c1ccc2ccccc2c1. The molecule has 25 heavy (non-hydrogen) atoms. The van der Waals surface area contributed by atoms with Gasteiger partial charge in [-0.15, -0.1) is 0 Å². The second kappa shape index (κ2) is 7.43. The lowest BCUT2D eigenvalue weighted by atomic mass is 9.66. The molecular weight excluding hydrogens is 308 g/mol. The van der Waals surface area contributed by atoms with Gasteiger partial charge in [-0.3, -0.25) is 0 Å². The predicted octanol–water partition coefficient (Wildman–Crippen LogP) is 5.80. The van der Waals surface area contributed by atoms with Crippen LogP contribution in [0, 0.1) is 5.92 Å². The van der Waals surface area contributed by atoms with E-state index in [1.54, 1.807) is 6.08 Å². The third kappa shape index (κ3) is 3.78. The van der Waals surface area contributed by atoms with Crippen molar-refractivity contribution in [3.8, 4) is 0 Å². The molecule has 1 saturated carbocycles. The lowest BCUT2D eigenvalue weighted by Gasteiger charge is -2.42. The van der Waals surface area contributed by atoms with Gasteiger partial charge in [-0.25, -0.2) is 4.79 Å². The number of hydrogen-bond donors (Lipinski definition) is 0. The Morgan fingerprint density at radius 1 is 1.08 bits per heavy atom. The molecular formula is C23H28O2. The molecule has 3 rings (SSSR count). The van der Waals surface area contributed by atoms with Crippen LogP contribution in [0.2, 0.25) is 0 Å². The van der Waals surface area contributed by atoms with E-state index in [9.17, 15) is 4.79 Å². The van der Waals surface area contributed by atoms with Gasteiger partial charge in [-0.2, -0.15) is 0 Å². The van der Waals surface area contributed by atoms with Crippen LogP contribution >= 0.6 is 0 Å². The summed E-state index contributed by atoms with van der Waals surface area (Å²) in [6.07, 6.45) is 7.68. The molecule has 2 aromatic rings. The Bertz CT molecular complexity index is 773. The van der Waals surface area contributed by atoms with Crippen molar-refractivity contribution < 1.29 is 9.53 Å². The third-order valence-electron chi connectivity index (χ3n) is 5.69. The zero-order valence-corrected chi connectivity index (χ0v) is 15.5. The first-order valence-corrected chi connectivity index (χ1v) is 9.35. The van der Waals surface area contributed by atoms with Gasteiger partial charge in [0.05, 0.1) is 0 Å². The average Bonchev–Trinajstić information content (AvgIpc) is 2.62. The van der Waals surface area contributed by atoms with Crippen LogP contribution in [0.5, 0.6) is 0 Å². The maximum Gasteiger partial charge on any atom is 0.330 e. The van der Waals surface area contributed by atoms with Gasteiger partial charge < -0.3 is 4.74 Å². The Hall–Kier alpha value is -2.09. The fourth-order valence-electron chi connectivity index (χ4n) is 4.19. The number of carbonyl (C=O) groups is 1. The van der Waals surface area contributed by atoms with Crippen LogP contribution in [-0.2, 0) is 14.9 Å². The Balaban J connectivity index is 1.90. The fourth-order valence-corrected chi connectivity index (χ4v) is 4.19. The number of esters is 1. The minimum atomic E-state index is -0.214. The standard InChI is InChI=1S/C23H28O2/c1-4-9-22(24)25-21-13-8-7-12-20(21)23(2,3)19-15-14-17-10-5-6-11-18(17)16-19/h4-6,9-11,14-16,20-21H,7-8,12-13H2,1-3H3/b9-4+/t20-,21-/m0/s1. The monoisotopic (exact) mass is 336 g/mol. The minimum absolute atomic E-state index is 0.001000. The van der Waals surface area contributed by atoms with Gasteiger partial charge in [0.1, 0.15) is 6.10 Å². The van der Waals surface area contributed by atoms with E-state index in [2.05, 4.69) is 56.3 Å². The number of benzene rings is 2. The summed E-state index contributed by atoms with van der Waals surface area (Å²) in [4.78, 5) is 12.0. The maximum absolute atomic E-state index is 12.0. The third-order valence-corrected chi connectivity index (χ3v) is 5.69. The largest absolute Gasteiger partial charge is 0.459 e. The first-order valence-electron chi connectivity index (χ1n) is 9.35. The van der Waals surface area contributed by atoms with Crippen molar-refractivity contribution in [2.24, 2.45) is 5.92 Å². The Morgan fingerprint density at radius 2 is 1.80 bits per heavy atom. The molecule has 0 amide bonds.